The highest BCUT2D eigenvalue weighted by molar-refractivity contribution is 6.11. The van der Waals surface area contributed by atoms with Crippen LogP contribution >= 0.6 is 0 Å². The van der Waals surface area contributed by atoms with Gasteiger partial charge < -0.3 is 10.2 Å². The van der Waals surface area contributed by atoms with Crippen molar-refractivity contribution >= 4 is 28.3 Å². The Morgan fingerprint density at radius 3 is 2.86 bits per heavy atom. The fraction of sp³-hybridized carbons (Fsp3) is 0.312. The van der Waals surface area contributed by atoms with Crippen LogP contribution in [0.1, 0.15) is 12.8 Å². The lowest BCUT2D eigenvalue weighted by molar-refractivity contribution is -0.131. The van der Waals surface area contributed by atoms with Crippen LogP contribution in [0.25, 0.3) is 10.8 Å². The summed E-state index contributed by atoms with van der Waals surface area (Å²) in [5, 5.41) is 4.75. The number of nitrogens with one attached hydrogen (secondary N) is 1. The molecular weight excluding hydrogens is 266 g/mol. The molecule has 2 heterocycles. The van der Waals surface area contributed by atoms with Gasteiger partial charge in [0.15, 0.2) is 0 Å². The Morgan fingerprint density at radius 1 is 1.19 bits per heavy atom. The topological polar surface area (TPSA) is 62.3 Å². The van der Waals surface area contributed by atoms with Crippen LogP contribution in [0, 0.1) is 5.92 Å². The van der Waals surface area contributed by atoms with Crippen LogP contribution in [0.2, 0.25) is 0 Å². The van der Waals surface area contributed by atoms with E-state index in [4.69, 9.17) is 0 Å². The Morgan fingerprint density at radius 2 is 2.05 bits per heavy atom. The maximum atomic E-state index is 12.7. The van der Waals surface area contributed by atoms with Crippen LogP contribution in [-0.4, -0.2) is 29.4 Å². The highest BCUT2D eigenvalue weighted by Crippen LogP contribution is 2.36. The van der Waals surface area contributed by atoms with Crippen molar-refractivity contribution in [3.05, 3.63) is 36.7 Å². The number of hydrogen-bond donors (Lipinski definition) is 1. The molecule has 5 nitrogen and oxygen atoms in total. The normalized spacial score (nSPS) is 22.5. The third-order valence-electron chi connectivity index (χ3n) is 4.20. The second-order valence-corrected chi connectivity index (χ2v) is 5.68. The van der Waals surface area contributed by atoms with Crippen LogP contribution in [0.4, 0.5) is 5.69 Å². The van der Waals surface area contributed by atoms with Gasteiger partial charge in [0, 0.05) is 17.8 Å². The Bertz CT molecular complexity index is 734. The molecule has 1 aromatic carbocycles. The molecule has 21 heavy (non-hydrogen) atoms. The van der Waals surface area contributed by atoms with E-state index in [1.54, 1.807) is 17.3 Å². The Balaban J connectivity index is 1.79. The number of piperazine rings is 1. The van der Waals surface area contributed by atoms with E-state index >= 15 is 0 Å². The fourth-order valence-electron chi connectivity index (χ4n) is 2.96. The van der Waals surface area contributed by atoms with Crippen molar-refractivity contribution in [1.29, 1.82) is 0 Å². The number of pyridine rings is 1. The van der Waals surface area contributed by atoms with Crippen molar-refractivity contribution in [2.75, 3.05) is 11.4 Å². The van der Waals surface area contributed by atoms with Gasteiger partial charge in [-0.05, 0) is 36.3 Å². The molecule has 0 bridgehead atoms. The minimum absolute atomic E-state index is 0.00606. The molecule has 1 aliphatic carbocycles. The second-order valence-electron chi connectivity index (χ2n) is 5.68. The van der Waals surface area contributed by atoms with Crippen molar-refractivity contribution < 1.29 is 9.59 Å². The first-order valence-electron chi connectivity index (χ1n) is 7.17. The number of rotatable bonds is 2. The van der Waals surface area contributed by atoms with E-state index in [-0.39, 0.29) is 24.4 Å². The minimum atomic E-state index is -0.363. The molecule has 1 atom stereocenters. The number of amides is 2. The second kappa shape index (κ2) is 4.55. The highest BCUT2D eigenvalue weighted by atomic mass is 16.2. The molecule has 1 unspecified atom stereocenters. The predicted molar refractivity (Wildman–Crippen MR) is 78.8 cm³/mol. The standard InChI is InChI=1S/C16H15N3O2/c20-14-9-19(16(21)15(18-14)11-4-5-11)13-3-1-2-10-6-7-17-8-12(10)13/h1-3,6-8,11,15H,4-5,9H2,(H,18,20). The van der Waals surface area contributed by atoms with Crippen molar-refractivity contribution in [2.45, 2.75) is 18.9 Å². The molecule has 1 saturated heterocycles. The number of nitrogens with zero attached hydrogens (tertiary/aromatic N) is 2. The first kappa shape index (κ1) is 12.3. The van der Waals surface area contributed by atoms with E-state index < -0.39 is 0 Å². The van der Waals surface area contributed by atoms with Crippen LogP contribution < -0.4 is 10.2 Å². The van der Waals surface area contributed by atoms with Crippen LogP contribution in [0.3, 0.4) is 0 Å². The van der Waals surface area contributed by atoms with Gasteiger partial charge in [-0.1, -0.05) is 12.1 Å². The van der Waals surface area contributed by atoms with Crippen molar-refractivity contribution in [1.82, 2.24) is 10.3 Å². The summed E-state index contributed by atoms with van der Waals surface area (Å²) in [7, 11) is 0. The summed E-state index contributed by atoms with van der Waals surface area (Å²) in [5.41, 5.74) is 0.770. The monoisotopic (exact) mass is 281 g/mol. The Kier molecular flexibility index (Phi) is 2.67. The molecule has 2 aromatic rings. The molecule has 1 saturated carbocycles. The van der Waals surface area contributed by atoms with Gasteiger partial charge in [0.1, 0.15) is 12.6 Å². The highest BCUT2D eigenvalue weighted by Gasteiger charge is 2.43. The zero-order chi connectivity index (χ0) is 14.4. The number of fused-ring (bicyclic) bond motifs is 1. The van der Waals surface area contributed by atoms with Crippen molar-refractivity contribution in [3.63, 3.8) is 0 Å². The van der Waals surface area contributed by atoms with Crippen molar-refractivity contribution in [2.24, 2.45) is 5.92 Å². The number of carbonyl (C=O) groups is 2. The molecule has 5 heteroatoms. The molecular formula is C16H15N3O2. The van der Waals surface area contributed by atoms with Gasteiger partial charge in [0.25, 0.3) is 0 Å². The van der Waals surface area contributed by atoms with Gasteiger partial charge in [-0.2, -0.15) is 0 Å². The summed E-state index contributed by atoms with van der Waals surface area (Å²) in [6.07, 6.45) is 5.50. The maximum Gasteiger partial charge on any atom is 0.250 e. The van der Waals surface area contributed by atoms with E-state index in [9.17, 15) is 9.59 Å². The minimum Gasteiger partial charge on any atom is -0.342 e. The maximum absolute atomic E-state index is 12.7. The molecule has 1 aliphatic heterocycles. The number of aromatic nitrogens is 1. The average molecular weight is 281 g/mol. The summed E-state index contributed by atoms with van der Waals surface area (Å²) < 4.78 is 0. The van der Waals surface area contributed by atoms with Gasteiger partial charge in [-0.25, -0.2) is 0 Å². The van der Waals surface area contributed by atoms with Crippen LogP contribution in [0.15, 0.2) is 36.7 Å². The average Bonchev–Trinajstić information content (AvgIpc) is 3.33. The fourth-order valence-corrected chi connectivity index (χ4v) is 2.96. The molecule has 2 amide bonds. The summed E-state index contributed by atoms with van der Waals surface area (Å²) in [6.45, 7) is 0.0794. The lowest BCUT2D eigenvalue weighted by atomic mass is 10.1. The van der Waals surface area contributed by atoms with E-state index in [0.29, 0.717) is 5.92 Å². The van der Waals surface area contributed by atoms with Gasteiger partial charge in [0.2, 0.25) is 11.8 Å². The third-order valence-corrected chi connectivity index (χ3v) is 4.20. The van der Waals surface area contributed by atoms with E-state index in [0.717, 1.165) is 29.3 Å². The number of benzene rings is 1. The molecule has 1 N–H and O–H groups in total. The zero-order valence-corrected chi connectivity index (χ0v) is 11.5. The first-order chi connectivity index (χ1) is 10.2. The van der Waals surface area contributed by atoms with Gasteiger partial charge in [0.05, 0.1) is 5.69 Å². The van der Waals surface area contributed by atoms with Crippen LogP contribution in [-0.2, 0) is 9.59 Å². The van der Waals surface area contributed by atoms with Crippen LogP contribution in [0.5, 0.6) is 0 Å². The number of anilines is 1. The molecule has 0 radical (unpaired) electrons. The largest absolute Gasteiger partial charge is 0.342 e. The summed E-state index contributed by atoms with van der Waals surface area (Å²) in [5.74, 6) is 0.207. The smallest absolute Gasteiger partial charge is 0.250 e. The summed E-state index contributed by atoms with van der Waals surface area (Å²) >= 11 is 0. The molecule has 2 fully saturated rings. The summed E-state index contributed by atoms with van der Waals surface area (Å²) in [6, 6.07) is 7.31. The lowest BCUT2D eigenvalue weighted by Gasteiger charge is -2.33. The van der Waals surface area contributed by atoms with E-state index in [1.807, 2.05) is 24.3 Å². The number of carbonyl (C=O) groups excluding carboxylic acids is 2. The third kappa shape index (κ3) is 2.05. The zero-order valence-electron chi connectivity index (χ0n) is 11.5. The molecule has 1 aromatic heterocycles. The molecule has 106 valence electrons. The Labute approximate surface area is 122 Å². The molecule has 4 rings (SSSR count). The molecule has 0 spiro atoms. The Hall–Kier alpha value is -2.43. The molecule has 2 aliphatic rings. The number of hydrogen-bond acceptors (Lipinski definition) is 3. The van der Waals surface area contributed by atoms with E-state index in [1.165, 1.54) is 0 Å². The predicted octanol–water partition coefficient (Wildman–Crippen LogP) is 1.48. The summed E-state index contributed by atoms with van der Waals surface area (Å²) in [4.78, 5) is 30.4. The SMILES string of the molecule is O=C1CN(c2cccc3ccncc23)C(=O)C(C2CC2)N1. The van der Waals surface area contributed by atoms with E-state index in [2.05, 4.69) is 10.3 Å². The van der Waals surface area contributed by atoms with Crippen molar-refractivity contribution in [3.8, 4) is 0 Å². The van der Waals surface area contributed by atoms with Gasteiger partial charge in [-0.3, -0.25) is 14.6 Å². The first-order valence-corrected chi connectivity index (χ1v) is 7.17. The van der Waals surface area contributed by atoms with Gasteiger partial charge in [-0.15, -0.1) is 0 Å². The van der Waals surface area contributed by atoms with Gasteiger partial charge >= 0.3 is 0 Å². The lowest BCUT2D eigenvalue weighted by Crippen LogP contribution is -2.59. The quantitative estimate of drug-likeness (QED) is 0.907.